The fraction of sp³-hybridized carbons (Fsp3) is 0.571. The molecule has 18 heavy (non-hydrogen) atoms. The molecule has 100 valence electrons. The Morgan fingerprint density at radius 2 is 2.06 bits per heavy atom. The van der Waals surface area contributed by atoms with Gasteiger partial charge in [-0.15, -0.1) is 0 Å². The standard InChI is InChI=1S/C12H17N3O.C2H6/c1-9(2)10-3-4-11(14-7-10)15-6-5-13-12(16)8-15;1-2/h3-4,7,9H,5-6,8H2,1-2H3,(H,13,16);1-2H3. The summed E-state index contributed by atoms with van der Waals surface area (Å²) in [7, 11) is 0. The lowest BCUT2D eigenvalue weighted by Crippen LogP contribution is -2.48. The van der Waals surface area contributed by atoms with Crippen molar-refractivity contribution in [1.82, 2.24) is 10.3 Å². The van der Waals surface area contributed by atoms with E-state index in [9.17, 15) is 4.79 Å². The Morgan fingerprint density at radius 3 is 2.56 bits per heavy atom. The Labute approximate surface area is 109 Å². The van der Waals surface area contributed by atoms with Crippen LogP contribution in [0.1, 0.15) is 39.2 Å². The Balaban J connectivity index is 0.000000771. The molecule has 1 fully saturated rings. The first kappa shape index (κ1) is 14.5. The number of carbonyl (C=O) groups is 1. The zero-order chi connectivity index (χ0) is 13.5. The minimum Gasteiger partial charge on any atom is -0.353 e. The van der Waals surface area contributed by atoms with E-state index in [1.165, 1.54) is 5.56 Å². The largest absolute Gasteiger partial charge is 0.353 e. The van der Waals surface area contributed by atoms with Gasteiger partial charge in [-0.05, 0) is 17.5 Å². The van der Waals surface area contributed by atoms with E-state index in [1.54, 1.807) is 0 Å². The van der Waals surface area contributed by atoms with E-state index in [1.807, 2.05) is 31.0 Å². The van der Waals surface area contributed by atoms with Crippen LogP contribution in [0, 0.1) is 0 Å². The highest BCUT2D eigenvalue weighted by molar-refractivity contribution is 5.82. The third-order valence-corrected chi connectivity index (χ3v) is 2.80. The number of nitrogens with zero attached hydrogens (tertiary/aromatic N) is 2. The van der Waals surface area contributed by atoms with Gasteiger partial charge in [0.2, 0.25) is 5.91 Å². The van der Waals surface area contributed by atoms with Gasteiger partial charge in [-0.3, -0.25) is 4.79 Å². The van der Waals surface area contributed by atoms with Gasteiger partial charge in [0.15, 0.2) is 0 Å². The molecule has 0 aliphatic carbocycles. The lowest BCUT2D eigenvalue weighted by Gasteiger charge is -2.27. The van der Waals surface area contributed by atoms with Crippen LogP contribution in [0.5, 0.6) is 0 Å². The Bertz CT molecular complexity index is 373. The molecule has 0 unspecified atom stereocenters. The van der Waals surface area contributed by atoms with Crippen LogP contribution in [0.25, 0.3) is 0 Å². The maximum atomic E-state index is 11.2. The van der Waals surface area contributed by atoms with Crippen LogP contribution >= 0.6 is 0 Å². The van der Waals surface area contributed by atoms with E-state index in [2.05, 4.69) is 30.2 Å². The predicted molar refractivity (Wildman–Crippen MR) is 74.9 cm³/mol. The molecule has 0 saturated carbocycles. The molecule has 1 saturated heterocycles. The number of pyridine rings is 1. The van der Waals surface area contributed by atoms with Crippen LogP contribution in [-0.2, 0) is 4.79 Å². The van der Waals surface area contributed by atoms with Gasteiger partial charge in [-0.2, -0.15) is 0 Å². The van der Waals surface area contributed by atoms with Gasteiger partial charge < -0.3 is 10.2 Å². The van der Waals surface area contributed by atoms with Crippen molar-refractivity contribution in [1.29, 1.82) is 0 Å². The second-order valence-corrected chi connectivity index (χ2v) is 4.38. The van der Waals surface area contributed by atoms with Crippen molar-refractivity contribution in [3.63, 3.8) is 0 Å². The molecule has 1 aromatic heterocycles. The average molecular weight is 249 g/mol. The van der Waals surface area contributed by atoms with E-state index >= 15 is 0 Å². The Kier molecular flexibility index (Phi) is 5.62. The summed E-state index contributed by atoms with van der Waals surface area (Å²) < 4.78 is 0. The number of aromatic nitrogens is 1. The molecular weight excluding hydrogens is 226 g/mol. The quantitative estimate of drug-likeness (QED) is 0.873. The highest BCUT2D eigenvalue weighted by atomic mass is 16.2. The van der Waals surface area contributed by atoms with E-state index in [0.717, 1.165) is 12.4 Å². The van der Waals surface area contributed by atoms with Gasteiger partial charge in [0.05, 0.1) is 6.54 Å². The summed E-state index contributed by atoms with van der Waals surface area (Å²) >= 11 is 0. The van der Waals surface area contributed by atoms with Crippen molar-refractivity contribution in [2.24, 2.45) is 0 Å². The summed E-state index contributed by atoms with van der Waals surface area (Å²) in [6.07, 6.45) is 1.90. The van der Waals surface area contributed by atoms with Crippen molar-refractivity contribution in [3.05, 3.63) is 23.9 Å². The van der Waals surface area contributed by atoms with Gasteiger partial charge in [-0.25, -0.2) is 4.98 Å². The van der Waals surface area contributed by atoms with Gasteiger partial charge >= 0.3 is 0 Å². The number of rotatable bonds is 2. The summed E-state index contributed by atoms with van der Waals surface area (Å²) in [6.45, 7) is 10.2. The molecule has 1 aliphatic rings. The summed E-state index contributed by atoms with van der Waals surface area (Å²) in [5, 5.41) is 2.80. The molecule has 1 aliphatic heterocycles. The number of nitrogens with one attached hydrogen (secondary N) is 1. The van der Waals surface area contributed by atoms with Crippen molar-refractivity contribution in [3.8, 4) is 0 Å². The van der Waals surface area contributed by atoms with Crippen molar-refractivity contribution < 1.29 is 4.79 Å². The lowest BCUT2D eigenvalue weighted by molar-refractivity contribution is -0.120. The molecule has 0 spiro atoms. The predicted octanol–water partition coefficient (Wildman–Crippen LogP) is 2.17. The van der Waals surface area contributed by atoms with Crippen molar-refractivity contribution in [2.45, 2.75) is 33.6 Å². The fourth-order valence-electron chi connectivity index (χ4n) is 1.76. The van der Waals surface area contributed by atoms with Crippen LogP contribution < -0.4 is 10.2 Å². The van der Waals surface area contributed by atoms with E-state index in [-0.39, 0.29) is 5.91 Å². The third-order valence-electron chi connectivity index (χ3n) is 2.80. The molecule has 1 aromatic rings. The lowest BCUT2D eigenvalue weighted by atomic mass is 10.1. The summed E-state index contributed by atoms with van der Waals surface area (Å²) in [4.78, 5) is 17.6. The highest BCUT2D eigenvalue weighted by Crippen LogP contribution is 2.17. The monoisotopic (exact) mass is 249 g/mol. The molecular formula is C14H23N3O. The third kappa shape index (κ3) is 3.72. The number of carbonyl (C=O) groups excluding carboxylic acids is 1. The maximum Gasteiger partial charge on any atom is 0.239 e. The summed E-state index contributed by atoms with van der Waals surface area (Å²) in [6, 6.07) is 4.08. The summed E-state index contributed by atoms with van der Waals surface area (Å²) in [5.74, 6) is 1.45. The topological polar surface area (TPSA) is 45.2 Å². The number of hydrogen-bond donors (Lipinski definition) is 1. The van der Waals surface area contributed by atoms with E-state index in [4.69, 9.17) is 0 Å². The first-order valence-electron chi connectivity index (χ1n) is 6.64. The van der Waals surface area contributed by atoms with E-state index < -0.39 is 0 Å². The second-order valence-electron chi connectivity index (χ2n) is 4.38. The average Bonchev–Trinajstić information content (AvgIpc) is 2.41. The summed E-state index contributed by atoms with van der Waals surface area (Å²) in [5.41, 5.74) is 1.23. The van der Waals surface area contributed by atoms with Crippen LogP contribution in [0.2, 0.25) is 0 Å². The fourth-order valence-corrected chi connectivity index (χ4v) is 1.76. The Morgan fingerprint density at radius 1 is 1.33 bits per heavy atom. The first-order chi connectivity index (χ1) is 8.66. The minimum atomic E-state index is 0.0704. The molecule has 2 heterocycles. The number of piperazine rings is 1. The first-order valence-corrected chi connectivity index (χ1v) is 6.64. The highest BCUT2D eigenvalue weighted by Gasteiger charge is 2.17. The van der Waals surface area contributed by atoms with E-state index in [0.29, 0.717) is 19.0 Å². The minimum absolute atomic E-state index is 0.0704. The van der Waals surface area contributed by atoms with Crippen molar-refractivity contribution >= 4 is 11.7 Å². The normalized spacial score (nSPS) is 14.9. The van der Waals surface area contributed by atoms with Gasteiger partial charge in [0.25, 0.3) is 0 Å². The van der Waals surface area contributed by atoms with Crippen LogP contribution in [0.15, 0.2) is 18.3 Å². The van der Waals surface area contributed by atoms with Crippen LogP contribution in [0.4, 0.5) is 5.82 Å². The molecule has 1 N–H and O–H groups in total. The Hall–Kier alpha value is -1.58. The molecule has 4 heteroatoms. The molecule has 0 bridgehead atoms. The van der Waals surface area contributed by atoms with Gasteiger partial charge in [-0.1, -0.05) is 33.8 Å². The molecule has 0 aromatic carbocycles. The molecule has 0 atom stereocenters. The maximum absolute atomic E-state index is 11.2. The number of amides is 1. The van der Waals surface area contributed by atoms with Gasteiger partial charge in [0, 0.05) is 19.3 Å². The second kappa shape index (κ2) is 6.99. The molecule has 4 nitrogen and oxygen atoms in total. The number of hydrogen-bond acceptors (Lipinski definition) is 3. The smallest absolute Gasteiger partial charge is 0.239 e. The molecule has 2 rings (SSSR count). The van der Waals surface area contributed by atoms with Crippen LogP contribution in [-0.4, -0.2) is 30.5 Å². The number of anilines is 1. The molecule has 1 amide bonds. The SMILES string of the molecule is CC.CC(C)c1ccc(N2CCNC(=O)C2)nc1. The van der Waals surface area contributed by atoms with Crippen molar-refractivity contribution in [2.75, 3.05) is 24.5 Å². The zero-order valence-corrected chi connectivity index (χ0v) is 11.7. The molecule has 0 radical (unpaired) electrons. The van der Waals surface area contributed by atoms with Gasteiger partial charge in [0.1, 0.15) is 5.82 Å². The van der Waals surface area contributed by atoms with Crippen LogP contribution in [0.3, 0.4) is 0 Å². The zero-order valence-electron chi connectivity index (χ0n) is 11.7.